The molecule has 2 aliphatic heterocycles. The molecule has 0 bridgehead atoms. The van der Waals surface area contributed by atoms with Gasteiger partial charge in [0.05, 0.1) is 6.04 Å². The molecule has 43 heavy (non-hydrogen) atoms. The highest BCUT2D eigenvalue weighted by Gasteiger charge is 2.40. The van der Waals surface area contributed by atoms with E-state index in [1.165, 1.54) is 52.0 Å². The molecule has 1 unspecified atom stereocenters. The minimum atomic E-state index is -0.766. The third-order valence-corrected chi connectivity index (χ3v) is 9.25. The highest BCUT2D eigenvalue weighted by molar-refractivity contribution is 5.67. The van der Waals surface area contributed by atoms with Crippen LogP contribution in [0.2, 0.25) is 0 Å². The molecule has 2 saturated heterocycles. The van der Waals surface area contributed by atoms with Gasteiger partial charge in [0.15, 0.2) is 0 Å². The molecule has 3 N–H and O–H groups in total. The number of likely N-dealkylation sites (tertiary alicyclic amines) is 2. The predicted molar refractivity (Wildman–Crippen MR) is 170 cm³/mol. The van der Waals surface area contributed by atoms with Gasteiger partial charge in [0.2, 0.25) is 0 Å². The number of hydrogen-bond acceptors (Lipinski definition) is 6. The molecule has 234 valence electrons. The second-order valence-electron chi connectivity index (χ2n) is 14.1. The Labute approximate surface area is 257 Å². The number of imidazole rings is 2. The Morgan fingerprint density at radius 2 is 1.74 bits per heavy atom. The molecule has 0 amide bonds. The van der Waals surface area contributed by atoms with Crippen molar-refractivity contribution in [1.29, 1.82) is 0 Å². The zero-order valence-corrected chi connectivity index (χ0v) is 26.4. The molecule has 2 aliphatic rings. The van der Waals surface area contributed by atoms with Crippen molar-refractivity contribution in [1.82, 2.24) is 34.6 Å². The second-order valence-corrected chi connectivity index (χ2v) is 14.1. The van der Waals surface area contributed by atoms with Gasteiger partial charge in [-0.25, -0.2) is 9.97 Å². The summed E-state index contributed by atoms with van der Waals surface area (Å²) in [4.78, 5) is 28.8. The summed E-state index contributed by atoms with van der Waals surface area (Å²) in [6.07, 6.45) is 14.3. The highest BCUT2D eigenvalue weighted by Crippen LogP contribution is 2.40. The van der Waals surface area contributed by atoms with Crippen molar-refractivity contribution in [2.24, 2.45) is 10.8 Å². The molecular formula is C34H51N7O2. The van der Waals surface area contributed by atoms with Gasteiger partial charge in [-0.2, -0.15) is 0 Å². The molecule has 0 radical (unpaired) electrons. The van der Waals surface area contributed by atoms with Crippen molar-refractivity contribution >= 4 is 5.97 Å². The first-order valence-electron chi connectivity index (χ1n) is 16.1. The summed E-state index contributed by atoms with van der Waals surface area (Å²) >= 11 is 0. The number of carboxylic acids is 1. The topological polar surface area (TPSA) is 102 Å². The average molecular weight is 590 g/mol. The number of aromatic nitrogens is 4. The lowest BCUT2D eigenvalue weighted by molar-refractivity contribution is -0.136. The summed E-state index contributed by atoms with van der Waals surface area (Å²) in [5.41, 5.74) is 3.11. The van der Waals surface area contributed by atoms with Crippen molar-refractivity contribution in [3.05, 3.63) is 71.8 Å². The molecule has 0 aliphatic carbocycles. The maximum absolute atomic E-state index is 10.9. The smallest absolute Gasteiger partial charge is 0.303 e. The number of hydrogen-bond donors (Lipinski definition) is 3. The van der Waals surface area contributed by atoms with E-state index >= 15 is 0 Å². The number of nitrogens with one attached hydrogen (secondary N) is 2. The van der Waals surface area contributed by atoms with Crippen LogP contribution < -0.4 is 5.32 Å². The molecule has 2 fully saturated rings. The van der Waals surface area contributed by atoms with E-state index in [0.29, 0.717) is 23.8 Å². The first-order valence-corrected chi connectivity index (χ1v) is 16.1. The van der Waals surface area contributed by atoms with Gasteiger partial charge in [-0.1, -0.05) is 45.0 Å². The van der Waals surface area contributed by atoms with Crippen LogP contribution in [0.3, 0.4) is 0 Å². The molecule has 3 aromatic rings. The summed E-state index contributed by atoms with van der Waals surface area (Å²) in [5, 5.41) is 12.6. The first-order chi connectivity index (χ1) is 20.7. The molecule has 9 nitrogen and oxygen atoms in total. The third-order valence-electron chi connectivity index (χ3n) is 9.25. The van der Waals surface area contributed by atoms with Crippen LogP contribution in [0.1, 0.15) is 81.7 Å². The maximum atomic E-state index is 10.9. The minimum Gasteiger partial charge on any atom is -0.481 e. The van der Waals surface area contributed by atoms with Gasteiger partial charge < -0.3 is 29.8 Å². The van der Waals surface area contributed by atoms with Crippen molar-refractivity contribution in [3.8, 4) is 0 Å². The summed E-state index contributed by atoms with van der Waals surface area (Å²) in [5.74, 6) is 1.21. The van der Waals surface area contributed by atoms with Crippen LogP contribution in [-0.4, -0.2) is 79.7 Å². The number of aromatic amines is 1. The Morgan fingerprint density at radius 3 is 2.42 bits per heavy atom. The van der Waals surface area contributed by atoms with Crippen molar-refractivity contribution in [2.75, 3.05) is 39.3 Å². The monoisotopic (exact) mass is 589 g/mol. The van der Waals surface area contributed by atoms with Crippen molar-refractivity contribution in [2.45, 2.75) is 84.8 Å². The number of piperidine rings is 1. The first kappa shape index (κ1) is 31.4. The number of aryl methyl sites for hydroxylation is 2. The van der Waals surface area contributed by atoms with E-state index in [4.69, 9.17) is 10.1 Å². The molecular weight excluding hydrogens is 538 g/mol. The van der Waals surface area contributed by atoms with E-state index in [9.17, 15) is 4.79 Å². The zero-order chi connectivity index (χ0) is 30.3. The lowest BCUT2D eigenvalue weighted by Crippen LogP contribution is -2.44. The summed E-state index contributed by atoms with van der Waals surface area (Å²) in [6, 6.07) is 8.19. The quantitative estimate of drug-likeness (QED) is 0.245. The Bertz CT molecular complexity index is 1270. The molecule has 9 heteroatoms. The lowest BCUT2D eigenvalue weighted by atomic mass is 9.77. The number of rotatable bonds is 14. The van der Waals surface area contributed by atoms with Gasteiger partial charge in [0.25, 0.3) is 0 Å². The van der Waals surface area contributed by atoms with E-state index < -0.39 is 5.97 Å². The van der Waals surface area contributed by atoms with Crippen LogP contribution in [0.4, 0.5) is 0 Å². The number of carboxylic acid groups (broad SMARTS) is 1. The Hall–Kier alpha value is -3.01. The maximum Gasteiger partial charge on any atom is 0.303 e. The third kappa shape index (κ3) is 9.24. The summed E-state index contributed by atoms with van der Waals surface area (Å²) in [6.45, 7) is 16.1. The Kier molecular flexibility index (Phi) is 10.4. The van der Waals surface area contributed by atoms with Crippen molar-refractivity contribution in [3.63, 3.8) is 0 Å². The van der Waals surface area contributed by atoms with E-state index in [1.807, 2.05) is 24.5 Å². The number of carbonyl (C=O) groups is 1. The van der Waals surface area contributed by atoms with E-state index in [-0.39, 0.29) is 12.5 Å². The van der Waals surface area contributed by atoms with E-state index in [2.05, 4.69) is 68.8 Å². The number of H-pyrrole nitrogens is 1. The minimum absolute atomic E-state index is 0.00503. The molecule has 4 heterocycles. The number of benzene rings is 1. The molecule has 0 saturated carbocycles. The number of nitrogens with zero attached hydrogens (tertiary/aromatic N) is 5. The van der Waals surface area contributed by atoms with Crippen LogP contribution in [0.5, 0.6) is 0 Å². The lowest BCUT2D eigenvalue weighted by Gasteiger charge is -2.41. The van der Waals surface area contributed by atoms with Crippen LogP contribution in [-0.2, 0) is 30.7 Å². The fourth-order valence-corrected chi connectivity index (χ4v) is 6.91. The van der Waals surface area contributed by atoms with Gasteiger partial charge in [-0.05, 0) is 80.2 Å². The molecule has 1 aromatic carbocycles. The summed E-state index contributed by atoms with van der Waals surface area (Å²) in [7, 11) is 0. The Morgan fingerprint density at radius 1 is 1.02 bits per heavy atom. The van der Waals surface area contributed by atoms with Crippen LogP contribution >= 0.6 is 0 Å². The zero-order valence-electron chi connectivity index (χ0n) is 26.4. The average Bonchev–Trinajstić information content (AvgIpc) is 3.74. The second kappa shape index (κ2) is 14.2. The summed E-state index contributed by atoms with van der Waals surface area (Å²) < 4.78 is 2.31. The normalized spacial score (nSPS) is 18.4. The standard InChI is InChI=1S/C34H51N7O2/c1-33(2,3)25-40-20-12-34(13-21-40)11-19-39(26-34)17-4-18-41-22-16-35-30(41)23-29(32-36-14-15-37-32)38-24-28-7-5-27(6-8-28)9-10-31(42)43/h5-8,14-16,22,29,38H,4,9-13,17-21,23-26H2,1-3H3,(H,36,37)(H,42,43). The Balaban J connectivity index is 1.09. The number of aliphatic carboxylic acids is 1. The van der Waals surface area contributed by atoms with Crippen LogP contribution in [0.15, 0.2) is 49.1 Å². The fourth-order valence-electron chi connectivity index (χ4n) is 6.91. The van der Waals surface area contributed by atoms with Gasteiger partial charge in [-0.3, -0.25) is 4.79 Å². The van der Waals surface area contributed by atoms with Gasteiger partial charge in [0, 0.05) is 63.8 Å². The van der Waals surface area contributed by atoms with Crippen LogP contribution in [0.25, 0.3) is 0 Å². The van der Waals surface area contributed by atoms with Gasteiger partial charge in [-0.15, -0.1) is 0 Å². The van der Waals surface area contributed by atoms with Crippen molar-refractivity contribution < 1.29 is 9.90 Å². The van der Waals surface area contributed by atoms with Crippen LogP contribution in [0, 0.1) is 10.8 Å². The molecule has 2 aromatic heterocycles. The molecule has 1 atom stereocenters. The van der Waals surface area contributed by atoms with E-state index in [0.717, 1.165) is 48.7 Å². The predicted octanol–water partition coefficient (Wildman–Crippen LogP) is 4.92. The largest absolute Gasteiger partial charge is 0.481 e. The van der Waals surface area contributed by atoms with Gasteiger partial charge in [0.1, 0.15) is 11.6 Å². The molecule has 1 spiro atoms. The SMILES string of the molecule is CC(C)(C)CN1CCC2(CC1)CCN(CCCn1ccnc1CC(NCc1ccc(CCC(=O)O)cc1)c1ncc[nH]1)C2. The highest BCUT2D eigenvalue weighted by atomic mass is 16.4. The van der Waals surface area contributed by atoms with Gasteiger partial charge >= 0.3 is 5.97 Å². The fraction of sp³-hybridized carbons (Fsp3) is 0.618. The molecule has 5 rings (SSSR count). The van der Waals surface area contributed by atoms with E-state index in [1.54, 1.807) is 6.20 Å².